The molecule has 3 aromatic heterocycles. The molecular weight excluding hydrogens is 392 g/mol. The molecule has 1 saturated heterocycles. The van der Waals surface area contributed by atoms with E-state index in [9.17, 15) is 13.2 Å². The fourth-order valence-corrected chi connectivity index (χ4v) is 4.37. The number of carbonyl (C=O) groups excluding carboxylic acids is 1. The lowest BCUT2D eigenvalue weighted by Crippen LogP contribution is -2.40. The van der Waals surface area contributed by atoms with Gasteiger partial charge >= 0.3 is 0 Å². The van der Waals surface area contributed by atoms with Crippen LogP contribution in [0.4, 0.5) is 5.82 Å². The zero-order valence-corrected chi connectivity index (χ0v) is 17.1. The molecule has 0 radical (unpaired) electrons. The van der Waals surface area contributed by atoms with Gasteiger partial charge in [-0.05, 0) is 30.4 Å². The quantitative estimate of drug-likeness (QED) is 0.695. The van der Waals surface area contributed by atoms with Gasteiger partial charge in [0.1, 0.15) is 5.82 Å². The number of pyridine rings is 2. The van der Waals surface area contributed by atoms with E-state index >= 15 is 0 Å². The molecule has 4 rings (SSSR count). The standard InChI is InChI=1S/C19H22N6O3S/c1-24-12-16(11-22-24)17-7-14-8-18(21-10-15(14)9-20-17)23-19(26)13-3-5-25(6-4-13)29(2,27)28/h7-13H,3-6H2,1-2H3,(H,21,23,26). The van der Waals surface area contributed by atoms with Gasteiger partial charge < -0.3 is 5.32 Å². The van der Waals surface area contributed by atoms with Gasteiger partial charge in [-0.3, -0.25) is 14.5 Å². The number of nitrogens with one attached hydrogen (secondary N) is 1. The predicted octanol–water partition coefficient (Wildman–Crippen LogP) is 1.64. The van der Waals surface area contributed by atoms with Crippen LogP contribution in [0.25, 0.3) is 22.0 Å². The molecule has 0 aliphatic carbocycles. The Balaban J connectivity index is 1.48. The SMILES string of the molecule is Cn1cc(-c2cc3cc(NC(=O)C4CCN(S(C)(=O)=O)CC4)ncc3cn2)cn1. The number of aryl methyl sites for hydroxylation is 1. The summed E-state index contributed by atoms with van der Waals surface area (Å²) in [7, 11) is -1.36. The lowest BCUT2D eigenvalue weighted by molar-refractivity contribution is -0.120. The summed E-state index contributed by atoms with van der Waals surface area (Å²) in [4.78, 5) is 21.4. The second-order valence-corrected chi connectivity index (χ2v) is 9.30. The number of hydrogen-bond donors (Lipinski definition) is 1. The van der Waals surface area contributed by atoms with Crippen molar-refractivity contribution in [3.05, 3.63) is 36.9 Å². The fourth-order valence-electron chi connectivity index (χ4n) is 3.50. The third-order valence-corrected chi connectivity index (χ3v) is 6.45. The monoisotopic (exact) mass is 414 g/mol. The highest BCUT2D eigenvalue weighted by atomic mass is 32.2. The molecule has 0 atom stereocenters. The van der Waals surface area contributed by atoms with E-state index < -0.39 is 10.0 Å². The van der Waals surface area contributed by atoms with Crippen LogP contribution in [0.15, 0.2) is 36.9 Å². The topological polar surface area (TPSA) is 110 Å². The number of sulfonamides is 1. The van der Waals surface area contributed by atoms with Crippen LogP contribution in [0.2, 0.25) is 0 Å². The summed E-state index contributed by atoms with van der Waals surface area (Å²) < 4.78 is 26.4. The van der Waals surface area contributed by atoms with Gasteiger partial charge in [0.25, 0.3) is 0 Å². The number of hydrogen-bond acceptors (Lipinski definition) is 6. The molecule has 0 spiro atoms. The summed E-state index contributed by atoms with van der Waals surface area (Å²) >= 11 is 0. The first-order valence-electron chi connectivity index (χ1n) is 9.30. The van der Waals surface area contributed by atoms with Crippen LogP contribution in [-0.4, -0.2) is 57.7 Å². The molecule has 1 aliphatic rings. The Morgan fingerprint density at radius 1 is 1.10 bits per heavy atom. The first-order chi connectivity index (χ1) is 13.8. The summed E-state index contributed by atoms with van der Waals surface area (Å²) in [6, 6.07) is 3.76. The van der Waals surface area contributed by atoms with Crippen molar-refractivity contribution < 1.29 is 13.2 Å². The molecule has 10 heteroatoms. The van der Waals surface area contributed by atoms with E-state index in [2.05, 4.69) is 20.4 Å². The minimum absolute atomic E-state index is 0.133. The first-order valence-corrected chi connectivity index (χ1v) is 11.2. The zero-order chi connectivity index (χ0) is 20.6. The van der Waals surface area contributed by atoms with Gasteiger partial charge in [0, 0.05) is 55.6 Å². The largest absolute Gasteiger partial charge is 0.310 e. The number of rotatable bonds is 4. The highest BCUT2D eigenvalue weighted by Gasteiger charge is 2.29. The van der Waals surface area contributed by atoms with Crippen LogP contribution in [-0.2, 0) is 21.9 Å². The number of fused-ring (bicyclic) bond motifs is 1. The highest BCUT2D eigenvalue weighted by molar-refractivity contribution is 7.88. The second kappa shape index (κ2) is 7.53. The molecule has 1 aliphatic heterocycles. The maximum Gasteiger partial charge on any atom is 0.228 e. The first kappa shape index (κ1) is 19.5. The van der Waals surface area contributed by atoms with Crippen LogP contribution in [0, 0.1) is 5.92 Å². The van der Waals surface area contributed by atoms with Crippen molar-refractivity contribution in [1.82, 2.24) is 24.1 Å². The number of piperidine rings is 1. The molecule has 1 fully saturated rings. The smallest absolute Gasteiger partial charge is 0.228 e. The van der Waals surface area contributed by atoms with Crippen LogP contribution >= 0.6 is 0 Å². The van der Waals surface area contributed by atoms with Crippen molar-refractivity contribution in [3.63, 3.8) is 0 Å². The molecule has 0 saturated carbocycles. The Labute approximate surface area is 168 Å². The predicted molar refractivity (Wildman–Crippen MR) is 110 cm³/mol. The van der Waals surface area contributed by atoms with E-state index in [0.29, 0.717) is 31.7 Å². The zero-order valence-electron chi connectivity index (χ0n) is 16.2. The minimum Gasteiger partial charge on any atom is -0.310 e. The maximum absolute atomic E-state index is 12.6. The molecule has 0 unspecified atom stereocenters. The van der Waals surface area contributed by atoms with Crippen molar-refractivity contribution in [2.24, 2.45) is 13.0 Å². The van der Waals surface area contributed by atoms with Crippen molar-refractivity contribution in [2.45, 2.75) is 12.8 Å². The Hall–Kier alpha value is -2.85. The molecule has 0 aromatic carbocycles. The van der Waals surface area contributed by atoms with Crippen molar-refractivity contribution >= 4 is 32.5 Å². The molecular formula is C19H22N6O3S. The third kappa shape index (κ3) is 4.28. The molecule has 1 amide bonds. The summed E-state index contributed by atoms with van der Waals surface area (Å²) in [6.07, 6.45) is 9.26. The summed E-state index contributed by atoms with van der Waals surface area (Å²) in [6.45, 7) is 0.727. The number of aromatic nitrogens is 4. The molecule has 3 aromatic rings. The summed E-state index contributed by atoms with van der Waals surface area (Å²) in [5.41, 5.74) is 1.71. The fraction of sp³-hybridized carbons (Fsp3) is 0.368. The van der Waals surface area contributed by atoms with Crippen LogP contribution in [0.1, 0.15) is 12.8 Å². The normalized spacial score (nSPS) is 16.2. The summed E-state index contributed by atoms with van der Waals surface area (Å²) in [5.74, 6) is 0.108. The molecule has 152 valence electrons. The van der Waals surface area contributed by atoms with E-state index in [1.165, 1.54) is 10.6 Å². The Bertz CT molecular complexity index is 1170. The van der Waals surface area contributed by atoms with Gasteiger partial charge in [-0.2, -0.15) is 5.10 Å². The Morgan fingerprint density at radius 2 is 1.83 bits per heavy atom. The van der Waals surface area contributed by atoms with Crippen LogP contribution in [0.3, 0.4) is 0 Å². The Kier molecular flexibility index (Phi) is 5.05. The molecule has 4 heterocycles. The lowest BCUT2D eigenvalue weighted by Gasteiger charge is -2.29. The van der Waals surface area contributed by atoms with Gasteiger partial charge in [0.05, 0.1) is 18.1 Å². The van der Waals surface area contributed by atoms with E-state index in [4.69, 9.17) is 0 Å². The maximum atomic E-state index is 12.6. The van der Waals surface area contributed by atoms with Gasteiger partial charge in [0.2, 0.25) is 15.9 Å². The van der Waals surface area contributed by atoms with Crippen molar-refractivity contribution in [1.29, 1.82) is 0 Å². The third-order valence-electron chi connectivity index (χ3n) is 5.15. The molecule has 0 bridgehead atoms. The average Bonchev–Trinajstić information content (AvgIpc) is 3.13. The Morgan fingerprint density at radius 3 is 2.48 bits per heavy atom. The van der Waals surface area contributed by atoms with Crippen LogP contribution < -0.4 is 5.32 Å². The number of anilines is 1. The van der Waals surface area contributed by atoms with E-state index in [-0.39, 0.29) is 11.8 Å². The van der Waals surface area contributed by atoms with Gasteiger partial charge in [-0.15, -0.1) is 0 Å². The van der Waals surface area contributed by atoms with Gasteiger partial charge in [0.15, 0.2) is 0 Å². The molecule has 9 nitrogen and oxygen atoms in total. The second-order valence-electron chi connectivity index (χ2n) is 7.31. The number of amides is 1. The average molecular weight is 414 g/mol. The van der Waals surface area contributed by atoms with Gasteiger partial charge in [-0.1, -0.05) is 0 Å². The van der Waals surface area contributed by atoms with Crippen LogP contribution in [0.5, 0.6) is 0 Å². The van der Waals surface area contributed by atoms with Crippen molar-refractivity contribution in [2.75, 3.05) is 24.7 Å². The lowest BCUT2D eigenvalue weighted by atomic mass is 9.97. The van der Waals surface area contributed by atoms with E-state index in [1.54, 1.807) is 23.3 Å². The highest BCUT2D eigenvalue weighted by Crippen LogP contribution is 2.24. The molecule has 1 N–H and O–H groups in total. The molecule has 29 heavy (non-hydrogen) atoms. The number of nitrogens with zero attached hydrogens (tertiary/aromatic N) is 5. The van der Waals surface area contributed by atoms with Crippen molar-refractivity contribution in [3.8, 4) is 11.3 Å². The summed E-state index contributed by atoms with van der Waals surface area (Å²) in [5, 5.41) is 8.82. The number of carbonyl (C=O) groups is 1. The van der Waals surface area contributed by atoms with E-state index in [1.807, 2.05) is 25.4 Å². The van der Waals surface area contributed by atoms with E-state index in [0.717, 1.165) is 22.0 Å². The minimum atomic E-state index is -3.21. The van der Waals surface area contributed by atoms with Gasteiger partial charge in [-0.25, -0.2) is 17.7 Å².